The van der Waals surface area contributed by atoms with Crippen molar-refractivity contribution in [2.45, 2.75) is 70.9 Å². The number of nitrogens with one attached hydrogen (secondary N) is 1. The molecule has 0 aliphatic heterocycles. The van der Waals surface area contributed by atoms with Gasteiger partial charge >= 0.3 is 18.2 Å². The Kier molecular flexibility index (Phi) is 10.6. The highest BCUT2D eigenvalue weighted by Gasteiger charge is 2.39. The summed E-state index contributed by atoms with van der Waals surface area (Å²) in [5, 5.41) is 2.03. The summed E-state index contributed by atoms with van der Waals surface area (Å²) in [6, 6.07) is 12.7. The normalized spacial score (nSPS) is 16.8. The molecule has 11 nitrogen and oxygen atoms in total. The van der Waals surface area contributed by atoms with Gasteiger partial charge in [-0.05, 0) is 58.1 Å². The molecule has 0 atom stereocenters. The number of amides is 3. The SMILES string of the molecule is COc1cc2ncn(Cc3ccccc3)c(=O)c2cc1OC1CCC(C(=O)N(CCNC(=O)C(F)(F)F)C(=O)OC(C)(C)C)CC1. The monoisotopic (exact) mass is 646 g/mol. The number of ether oxygens (including phenoxy) is 3. The number of hydrogen-bond donors (Lipinski definition) is 1. The molecule has 0 radical (unpaired) electrons. The van der Waals surface area contributed by atoms with E-state index in [1.54, 1.807) is 38.2 Å². The highest BCUT2D eigenvalue weighted by Crippen LogP contribution is 2.35. The predicted octanol–water partition coefficient (Wildman–Crippen LogP) is 4.83. The van der Waals surface area contributed by atoms with Crippen LogP contribution in [0.15, 0.2) is 53.6 Å². The maximum Gasteiger partial charge on any atom is 0.471 e. The first-order valence-electron chi connectivity index (χ1n) is 14.8. The molecule has 4 rings (SSSR count). The van der Waals surface area contributed by atoms with Gasteiger partial charge in [0.15, 0.2) is 11.5 Å². The summed E-state index contributed by atoms with van der Waals surface area (Å²) in [6.45, 7) is 4.05. The first kappa shape index (κ1) is 34.3. The molecule has 1 aliphatic carbocycles. The van der Waals surface area contributed by atoms with E-state index in [1.165, 1.54) is 18.0 Å². The third kappa shape index (κ3) is 8.76. The van der Waals surface area contributed by atoms with E-state index in [4.69, 9.17) is 14.2 Å². The van der Waals surface area contributed by atoms with Gasteiger partial charge in [-0.2, -0.15) is 13.2 Å². The van der Waals surface area contributed by atoms with Gasteiger partial charge in [0.05, 0.1) is 37.0 Å². The lowest BCUT2D eigenvalue weighted by Crippen LogP contribution is -2.49. The molecule has 1 N–H and O–H groups in total. The molecule has 0 unspecified atom stereocenters. The van der Waals surface area contributed by atoms with Crippen molar-refractivity contribution in [2.75, 3.05) is 20.2 Å². The second-order valence-electron chi connectivity index (χ2n) is 12.0. The molecule has 1 fully saturated rings. The highest BCUT2D eigenvalue weighted by molar-refractivity contribution is 5.93. The number of rotatable bonds is 9. The minimum Gasteiger partial charge on any atom is -0.493 e. The molecule has 1 saturated carbocycles. The number of nitrogens with zero attached hydrogens (tertiary/aromatic N) is 3. The van der Waals surface area contributed by atoms with Crippen LogP contribution in [0.25, 0.3) is 10.9 Å². The van der Waals surface area contributed by atoms with E-state index in [-0.39, 0.29) is 11.7 Å². The summed E-state index contributed by atoms with van der Waals surface area (Å²) in [4.78, 5) is 56.0. The number of fused-ring (bicyclic) bond motifs is 1. The molecule has 2 aromatic carbocycles. The van der Waals surface area contributed by atoms with Crippen LogP contribution >= 0.6 is 0 Å². The zero-order valence-electron chi connectivity index (χ0n) is 26.1. The molecule has 0 spiro atoms. The van der Waals surface area contributed by atoms with Gasteiger partial charge in [0.25, 0.3) is 5.56 Å². The fourth-order valence-corrected chi connectivity index (χ4v) is 5.13. The van der Waals surface area contributed by atoms with Crippen LogP contribution in [0.2, 0.25) is 0 Å². The van der Waals surface area contributed by atoms with E-state index in [2.05, 4.69) is 4.98 Å². The number of aromatic nitrogens is 2. The maximum absolute atomic E-state index is 13.4. The van der Waals surface area contributed by atoms with Gasteiger partial charge in [0.1, 0.15) is 5.60 Å². The molecule has 1 aliphatic rings. The third-order valence-electron chi connectivity index (χ3n) is 7.38. The molecular weight excluding hydrogens is 609 g/mol. The summed E-state index contributed by atoms with van der Waals surface area (Å²) in [5.74, 6) is -2.68. The minimum atomic E-state index is -5.10. The van der Waals surface area contributed by atoms with Gasteiger partial charge in [-0.15, -0.1) is 0 Å². The number of benzene rings is 2. The summed E-state index contributed by atoms with van der Waals surface area (Å²) in [7, 11) is 1.47. The number of carbonyl (C=O) groups excluding carboxylic acids is 3. The van der Waals surface area contributed by atoms with Crippen molar-refractivity contribution in [3.63, 3.8) is 0 Å². The summed E-state index contributed by atoms with van der Waals surface area (Å²) in [5.41, 5.74) is 0.180. The Morgan fingerprint density at radius 1 is 1.02 bits per heavy atom. The Morgan fingerprint density at radius 2 is 1.70 bits per heavy atom. The van der Waals surface area contributed by atoms with Crippen molar-refractivity contribution in [1.82, 2.24) is 19.8 Å². The van der Waals surface area contributed by atoms with Gasteiger partial charge in [-0.1, -0.05) is 30.3 Å². The number of imide groups is 1. The predicted molar refractivity (Wildman–Crippen MR) is 161 cm³/mol. The first-order chi connectivity index (χ1) is 21.7. The van der Waals surface area contributed by atoms with E-state index < -0.39 is 48.7 Å². The molecule has 3 amide bonds. The van der Waals surface area contributed by atoms with Crippen molar-refractivity contribution < 1.29 is 41.8 Å². The molecule has 3 aromatic rings. The molecular formula is C32H37F3N4O7. The summed E-state index contributed by atoms with van der Waals surface area (Å²) >= 11 is 0. The number of methoxy groups -OCH3 is 1. The number of carbonyl (C=O) groups is 3. The lowest BCUT2D eigenvalue weighted by molar-refractivity contribution is -0.173. The van der Waals surface area contributed by atoms with Crippen molar-refractivity contribution in [2.24, 2.45) is 5.92 Å². The van der Waals surface area contributed by atoms with E-state index in [0.29, 0.717) is 54.6 Å². The zero-order valence-corrected chi connectivity index (χ0v) is 26.1. The van der Waals surface area contributed by atoms with Crippen molar-refractivity contribution >= 4 is 28.8 Å². The van der Waals surface area contributed by atoms with Crippen molar-refractivity contribution in [3.8, 4) is 11.5 Å². The van der Waals surface area contributed by atoms with Crippen molar-refractivity contribution in [1.29, 1.82) is 0 Å². The molecule has 14 heteroatoms. The largest absolute Gasteiger partial charge is 0.493 e. The number of hydrogen-bond acceptors (Lipinski definition) is 8. The van der Waals surface area contributed by atoms with Crippen LogP contribution in [-0.4, -0.2) is 70.4 Å². The molecule has 1 heterocycles. The van der Waals surface area contributed by atoms with E-state index >= 15 is 0 Å². The fourth-order valence-electron chi connectivity index (χ4n) is 5.13. The smallest absolute Gasteiger partial charge is 0.471 e. The quantitative estimate of drug-likeness (QED) is 0.350. The first-order valence-corrected chi connectivity index (χ1v) is 14.8. The van der Waals surface area contributed by atoms with E-state index in [0.717, 1.165) is 10.5 Å². The lowest BCUT2D eigenvalue weighted by Gasteiger charge is -2.32. The highest BCUT2D eigenvalue weighted by atomic mass is 19.4. The molecule has 0 bridgehead atoms. The zero-order chi connectivity index (χ0) is 33.6. The number of halogens is 3. The van der Waals surface area contributed by atoms with Gasteiger partial charge < -0.3 is 19.5 Å². The summed E-state index contributed by atoms with van der Waals surface area (Å²) in [6.07, 6.45) is -3.50. The average Bonchev–Trinajstić information content (AvgIpc) is 3.00. The molecule has 1 aromatic heterocycles. The Hall–Kier alpha value is -4.62. The lowest BCUT2D eigenvalue weighted by atomic mass is 9.86. The molecule has 46 heavy (non-hydrogen) atoms. The fraction of sp³-hybridized carbons (Fsp3) is 0.469. The van der Waals surface area contributed by atoms with Gasteiger partial charge in [0.2, 0.25) is 5.91 Å². The Labute approximate surface area is 263 Å². The Morgan fingerprint density at radius 3 is 2.30 bits per heavy atom. The minimum absolute atomic E-state index is 0.246. The van der Waals surface area contributed by atoms with E-state index in [9.17, 15) is 32.3 Å². The second kappa shape index (κ2) is 14.2. The van der Waals surface area contributed by atoms with Crippen molar-refractivity contribution in [3.05, 3.63) is 64.7 Å². The average molecular weight is 647 g/mol. The van der Waals surface area contributed by atoms with Crippen LogP contribution < -0.4 is 20.3 Å². The van der Waals surface area contributed by atoms with Gasteiger partial charge in [-0.25, -0.2) is 14.7 Å². The third-order valence-corrected chi connectivity index (χ3v) is 7.38. The van der Waals surface area contributed by atoms with Crippen LogP contribution in [0.5, 0.6) is 11.5 Å². The topological polar surface area (TPSA) is 129 Å². The summed E-state index contributed by atoms with van der Waals surface area (Å²) < 4.78 is 56.4. The standard InChI is InChI=1S/C32H37F3N4O7/c1-31(2,3)46-30(43)39(15-14-36-29(42)32(33,34)35)27(40)21-10-12-22(13-11-21)45-26-16-23-24(17-25(26)44-4)37-19-38(28(23)41)18-20-8-6-5-7-9-20/h5-9,16-17,19,21-22H,10-15,18H2,1-4H3,(H,36,42). The van der Waals surface area contributed by atoms with Crippen LogP contribution in [0.1, 0.15) is 52.0 Å². The van der Waals surface area contributed by atoms with Crippen LogP contribution in [0.3, 0.4) is 0 Å². The molecule has 0 saturated heterocycles. The van der Waals surface area contributed by atoms with Crippen LogP contribution in [0.4, 0.5) is 18.0 Å². The molecule has 248 valence electrons. The van der Waals surface area contributed by atoms with E-state index in [1.807, 2.05) is 30.3 Å². The van der Waals surface area contributed by atoms with Crippen LogP contribution in [0, 0.1) is 5.92 Å². The number of alkyl halides is 3. The van der Waals surface area contributed by atoms with Gasteiger partial charge in [-0.3, -0.25) is 19.0 Å². The second-order valence-corrected chi connectivity index (χ2v) is 12.0. The Bertz CT molecular complexity index is 1610. The maximum atomic E-state index is 13.4. The Balaban J connectivity index is 1.44. The van der Waals surface area contributed by atoms with Crippen LogP contribution in [-0.2, 0) is 20.9 Å². The van der Waals surface area contributed by atoms with Gasteiger partial charge in [0, 0.05) is 25.1 Å².